The second-order valence-electron chi connectivity index (χ2n) is 10.3. The lowest BCUT2D eigenvalue weighted by molar-refractivity contribution is -0.121. The lowest BCUT2D eigenvalue weighted by Gasteiger charge is -2.31. The number of Topliss-reactive ketones (excluding diaryl/α,β-unsaturated/α-hetero) is 1. The number of aryl methyl sites for hydroxylation is 2. The first kappa shape index (κ1) is 28.1. The number of ketones is 1. The van der Waals surface area contributed by atoms with Crippen LogP contribution < -0.4 is 9.47 Å². The lowest BCUT2D eigenvalue weighted by atomic mass is 9.91. The normalized spacial score (nSPS) is 15.1. The molecule has 8 nitrogen and oxygen atoms in total. The molecule has 0 aliphatic heterocycles. The number of rotatable bonds is 12. The maximum Gasteiger partial charge on any atom is 0.200 e. The quantitative estimate of drug-likeness (QED) is 0.198. The fourth-order valence-electron chi connectivity index (χ4n) is 5.23. The molecule has 8 heteroatoms. The fourth-order valence-corrected chi connectivity index (χ4v) is 5.23. The van der Waals surface area contributed by atoms with E-state index in [1.165, 1.54) is 19.2 Å². The van der Waals surface area contributed by atoms with E-state index in [0.29, 0.717) is 43.4 Å². The van der Waals surface area contributed by atoms with Gasteiger partial charge in [0.1, 0.15) is 17.1 Å². The second-order valence-corrected chi connectivity index (χ2v) is 10.3. The highest BCUT2D eigenvalue weighted by Crippen LogP contribution is 2.47. The van der Waals surface area contributed by atoms with Crippen LogP contribution in [-0.2, 0) is 23.2 Å². The third-order valence-electron chi connectivity index (χ3n) is 7.37. The van der Waals surface area contributed by atoms with Crippen molar-refractivity contribution in [3.8, 4) is 34.5 Å². The third-order valence-corrected chi connectivity index (χ3v) is 7.37. The number of aliphatic hydroxyl groups excluding tert-OH is 1. The zero-order chi connectivity index (χ0) is 28.0. The van der Waals surface area contributed by atoms with Crippen LogP contribution in [0, 0.1) is 0 Å². The second kappa shape index (κ2) is 12.3. The molecule has 1 saturated carbocycles. The molecule has 4 rings (SSSR count). The average Bonchev–Trinajstić information content (AvgIpc) is 3.39. The molecule has 1 aliphatic carbocycles. The number of carbonyl (C=O) groups is 1. The number of benzene rings is 3. The Bertz CT molecular complexity index is 1300. The van der Waals surface area contributed by atoms with Gasteiger partial charge in [-0.15, -0.1) is 0 Å². The van der Waals surface area contributed by atoms with Gasteiger partial charge in [-0.2, -0.15) is 0 Å². The molecular weight excluding hydrogens is 500 g/mol. The number of hydrogen-bond acceptors (Lipinski definition) is 8. The van der Waals surface area contributed by atoms with E-state index in [0.717, 1.165) is 24.0 Å². The van der Waals surface area contributed by atoms with E-state index in [1.54, 1.807) is 36.4 Å². The monoisotopic (exact) mass is 536 g/mol. The number of aromatic hydroxyl groups is 4. The topological polar surface area (TPSA) is 137 Å². The van der Waals surface area contributed by atoms with Crippen molar-refractivity contribution in [1.29, 1.82) is 0 Å². The van der Waals surface area contributed by atoms with Crippen LogP contribution >= 0.6 is 0 Å². The van der Waals surface area contributed by atoms with Gasteiger partial charge in [-0.05, 0) is 98.0 Å². The van der Waals surface area contributed by atoms with Gasteiger partial charge < -0.3 is 35.0 Å². The predicted octanol–water partition coefficient (Wildman–Crippen LogP) is 5.25. The summed E-state index contributed by atoms with van der Waals surface area (Å²) in [7, 11) is 1.46. The Balaban J connectivity index is 1.36. The molecule has 3 aromatic rings. The van der Waals surface area contributed by atoms with Gasteiger partial charge in [0.2, 0.25) is 5.75 Å². The number of methoxy groups -OCH3 is 1. The number of hydrogen-bond donors (Lipinski definition) is 5. The first-order valence-corrected chi connectivity index (χ1v) is 13.3. The van der Waals surface area contributed by atoms with Crippen molar-refractivity contribution in [2.24, 2.45) is 0 Å². The average molecular weight is 537 g/mol. The zero-order valence-corrected chi connectivity index (χ0v) is 22.1. The number of carbonyl (C=O) groups excluding carboxylic acids is 1. The Kier molecular flexibility index (Phi) is 8.86. The molecule has 0 bridgehead atoms. The summed E-state index contributed by atoms with van der Waals surface area (Å²) in [4.78, 5) is 12.4. The van der Waals surface area contributed by atoms with Gasteiger partial charge in [0.15, 0.2) is 23.0 Å². The summed E-state index contributed by atoms with van der Waals surface area (Å²) in [5.41, 5.74) is 1.59. The van der Waals surface area contributed by atoms with Crippen molar-refractivity contribution in [3.63, 3.8) is 0 Å². The van der Waals surface area contributed by atoms with E-state index in [1.807, 2.05) is 6.07 Å². The van der Waals surface area contributed by atoms with Crippen molar-refractivity contribution in [2.75, 3.05) is 7.11 Å². The predicted molar refractivity (Wildman–Crippen MR) is 146 cm³/mol. The number of ether oxygens (including phenoxy) is 2. The van der Waals surface area contributed by atoms with Gasteiger partial charge in [0.25, 0.3) is 0 Å². The summed E-state index contributed by atoms with van der Waals surface area (Å²) < 4.78 is 11.5. The molecule has 0 unspecified atom stereocenters. The van der Waals surface area contributed by atoms with Crippen molar-refractivity contribution in [1.82, 2.24) is 0 Å². The van der Waals surface area contributed by atoms with Crippen LogP contribution in [0.15, 0.2) is 54.6 Å². The highest BCUT2D eigenvalue weighted by molar-refractivity contribution is 5.79. The Labute approximate surface area is 228 Å². The van der Waals surface area contributed by atoms with Crippen molar-refractivity contribution >= 4 is 5.78 Å². The molecule has 39 heavy (non-hydrogen) atoms. The van der Waals surface area contributed by atoms with Crippen LogP contribution in [0.1, 0.15) is 61.6 Å². The standard InChI is InChI=1S/C31H36O8/c1-38-28-16-20(9-12-26(28)35)7-10-24(33)19-25(34)11-8-21-15-27(36)30(37)29(17-21)39-31(13-2-3-14-31)22-5-4-6-23(32)18-22/h4-6,9,12,15-18,25,32,34-37H,2-3,7-8,10-11,13-14,19H2,1H3/t25-/m1/s1. The summed E-state index contributed by atoms with van der Waals surface area (Å²) in [6.07, 6.45) is 3.80. The number of phenols is 4. The summed E-state index contributed by atoms with van der Waals surface area (Å²) in [6.45, 7) is 0. The van der Waals surface area contributed by atoms with Crippen LogP contribution in [0.2, 0.25) is 0 Å². The molecule has 0 heterocycles. The Hall–Kier alpha value is -3.91. The first-order chi connectivity index (χ1) is 18.7. The molecule has 5 N–H and O–H groups in total. The van der Waals surface area contributed by atoms with E-state index in [9.17, 15) is 30.3 Å². The molecule has 1 aliphatic rings. The minimum absolute atomic E-state index is 0.00323. The number of phenolic OH excluding ortho intramolecular Hbond substituents is 4. The van der Waals surface area contributed by atoms with Crippen LogP contribution in [0.5, 0.6) is 34.5 Å². The fraction of sp³-hybridized carbons (Fsp3) is 0.387. The zero-order valence-electron chi connectivity index (χ0n) is 22.1. The SMILES string of the molecule is COc1cc(CCC(=O)C[C@H](O)CCc2cc(O)c(O)c(OC3(c4cccc(O)c4)CCCC3)c2)ccc1O. The van der Waals surface area contributed by atoms with Gasteiger partial charge >= 0.3 is 0 Å². The first-order valence-electron chi connectivity index (χ1n) is 13.3. The van der Waals surface area contributed by atoms with Crippen LogP contribution in [0.25, 0.3) is 0 Å². The summed E-state index contributed by atoms with van der Waals surface area (Å²) in [5, 5.41) is 51.1. The van der Waals surface area contributed by atoms with Gasteiger partial charge in [-0.1, -0.05) is 18.2 Å². The Morgan fingerprint density at radius 1 is 0.897 bits per heavy atom. The van der Waals surface area contributed by atoms with Crippen LogP contribution in [0.3, 0.4) is 0 Å². The van der Waals surface area contributed by atoms with E-state index in [2.05, 4.69) is 0 Å². The largest absolute Gasteiger partial charge is 0.508 e. The molecule has 208 valence electrons. The number of aliphatic hydroxyl groups is 1. The van der Waals surface area contributed by atoms with Gasteiger partial charge in [-0.25, -0.2) is 0 Å². The van der Waals surface area contributed by atoms with Crippen molar-refractivity contribution in [2.45, 2.75) is 69.5 Å². The lowest BCUT2D eigenvalue weighted by Crippen LogP contribution is -2.29. The molecule has 0 aromatic heterocycles. The molecule has 1 atom stereocenters. The van der Waals surface area contributed by atoms with E-state index >= 15 is 0 Å². The minimum atomic E-state index is -0.861. The highest BCUT2D eigenvalue weighted by Gasteiger charge is 2.39. The van der Waals surface area contributed by atoms with Gasteiger partial charge in [0, 0.05) is 12.8 Å². The molecular formula is C31H36O8. The molecule has 3 aromatic carbocycles. The highest BCUT2D eigenvalue weighted by atomic mass is 16.5. The smallest absolute Gasteiger partial charge is 0.200 e. The maximum atomic E-state index is 12.4. The van der Waals surface area contributed by atoms with Gasteiger partial charge in [-0.3, -0.25) is 4.79 Å². The van der Waals surface area contributed by atoms with Crippen molar-refractivity contribution < 1.29 is 39.8 Å². The minimum Gasteiger partial charge on any atom is -0.508 e. The van der Waals surface area contributed by atoms with E-state index < -0.39 is 11.7 Å². The maximum absolute atomic E-state index is 12.4. The van der Waals surface area contributed by atoms with Crippen LogP contribution in [0.4, 0.5) is 0 Å². The Morgan fingerprint density at radius 3 is 2.36 bits per heavy atom. The van der Waals surface area contributed by atoms with E-state index in [4.69, 9.17) is 9.47 Å². The molecule has 0 amide bonds. The molecule has 0 spiro atoms. The summed E-state index contributed by atoms with van der Waals surface area (Å²) >= 11 is 0. The Morgan fingerprint density at radius 2 is 1.64 bits per heavy atom. The molecule has 0 radical (unpaired) electrons. The summed E-state index contributed by atoms with van der Waals surface area (Å²) in [5.74, 6) is -0.0925. The van der Waals surface area contributed by atoms with Gasteiger partial charge in [0.05, 0.1) is 13.2 Å². The van der Waals surface area contributed by atoms with E-state index in [-0.39, 0.29) is 47.4 Å². The molecule has 1 fully saturated rings. The summed E-state index contributed by atoms with van der Waals surface area (Å²) in [6, 6.07) is 14.9. The van der Waals surface area contributed by atoms with Crippen molar-refractivity contribution in [3.05, 3.63) is 71.3 Å². The molecule has 0 saturated heterocycles. The third kappa shape index (κ3) is 6.95. The van der Waals surface area contributed by atoms with Crippen LogP contribution in [-0.4, -0.2) is 44.5 Å².